The minimum Gasteiger partial charge on any atom is -0.490 e. The molecule has 0 bridgehead atoms. The smallest absolute Gasteiger partial charge is 0.218 e. The maximum absolute atomic E-state index is 11.6. The van der Waals surface area contributed by atoms with Crippen LogP contribution in [0.5, 0.6) is 5.75 Å². The van der Waals surface area contributed by atoms with Gasteiger partial charge in [-0.25, -0.2) is 4.98 Å². The van der Waals surface area contributed by atoms with Crippen molar-refractivity contribution in [2.75, 3.05) is 26.3 Å². The summed E-state index contributed by atoms with van der Waals surface area (Å²) in [5, 5.41) is 1.13. The number of hydrogen-bond acceptors (Lipinski definition) is 6. The molecule has 0 unspecified atom stereocenters. The van der Waals surface area contributed by atoms with Gasteiger partial charge in [-0.3, -0.25) is 9.69 Å². The Bertz CT molecular complexity index is 885. The second-order valence-electron chi connectivity index (χ2n) is 8.53. The second-order valence-corrected chi connectivity index (χ2v) is 9.61. The van der Waals surface area contributed by atoms with Crippen LogP contribution in [0.1, 0.15) is 54.9 Å². The molecule has 0 aromatic carbocycles. The average Bonchev–Trinajstić information content (AvgIpc) is 3.29. The molecule has 1 saturated heterocycles. The predicted molar refractivity (Wildman–Crippen MR) is 114 cm³/mol. The van der Waals surface area contributed by atoms with Crippen LogP contribution >= 0.6 is 11.3 Å². The molecule has 29 heavy (non-hydrogen) atoms. The number of ether oxygens (including phenoxy) is 2. The van der Waals surface area contributed by atoms with E-state index in [1.807, 2.05) is 12.3 Å². The number of morpholine rings is 1. The second kappa shape index (κ2) is 8.20. The van der Waals surface area contributed by atoms with Gasteiger partial charge in [0, 0.05) is 36.6 Å². The largest absolute Gasteiger partial charge is 0.490 e. The lowest BCUT2D eigenvalue weighted by Gasteiger charge is -2.38. The predicted octanol–water partition coefficient (Wildman–Crippen LogP) is 3.22. The van der Waals surface area contributed by atoms with Crippen molar-refractivity contribution in [2.24, 2.45) is 5.73 Å². The third-order valence-electron chi connectivity index (χ3n) is 6.74. The van der Waals surface area contributed by atoms with Gasteiger partial charge in [0.1, 0.15) is 10.6 Å². The fraction of sp³-hybridized carbons (Fsp3) is 0.636. The van der Waals surface area contributed by atoms with Crippen molar-refractivity contribution in [1.82, 2.24) is 9.88 Å². The van der Waals surface area contributed by atoms with Crippen molar-refractivity contribution in [2.45, 2.75) is 63.0 Å². The van der Waals surface area contributed by atoms with Gasteiger partial charge in [-0.15, -0.1) is 11.3 Å². The van der Waals surface area contributed by atoms with E-state index in [9.17, 15) is 4.79 Å². The van der Waals surface area contributed by atoms with E-state index in [4.69, 9.17) is 15.2 Å². The zero-order chi connectivity index (χ0) is 19.8. The molecule has 6 nitrogen and oxygen atoms in total. The number of fused-ring (bicyclic) bond motifs is 3. The van der Waals surface area contributed by atoms with Crippen molar-refractivity contribution in [1.29, 1.82) is 0 Å². The number of thiophene rings is 1. The van der Waals surface area contributed by atoms with Gasteiger partial charge in [-0.1, -0.05) is 0 Å². The lowest BCUT2D eigenvalue weighted by atomic mass is 9.91. The van der Waals surface area contributed by atoms with Crippen LogP contribution in [0, 0.1) is 0 Å². The number of hydrogen-bond donors (Lipinski definition) is 1. The summed E-state index contributed by atoms with van der Waals surface area (Å²) >= 11 is 1.75. The van der Waals surface area contributed by atoms with Crippen LogP contribution in [-0.4, -0.2) is 54.2 Å². The lowest BCUT2D eigenvalue weighted by molar-refractivity contribution is -0.118. The molecule has 0 spiro atoms. The summed E-state index contributed by atoms with van der Waals surface area (Å²) in [5.74, 6) is 0.925. The summed E-state index contributed by atoms with van der Waals surface area (Å²) in [4.78, 5) is 21.1. The maximum atomic E-state index is 11.6. The summed E-state index contributed by atoms with van der Waals surface area (Å²) in [7, 11) is 0. The molecular formula is C22H29N3O3S. The lowest BCUT2D eigenvalue weighted by Crippen LogP contribution is -2.46. The molecule has 156 valence electrons. The van der Waals surface area contributed by atoms with Gasteiger partial charge in [-0.05, 0) is 56.1 Å². The van der Waals surface area contributed by atoms with Gasteiger partial charge >= 0.3 is 0 Å². The van der Waals surface area contributed by atoms with E-state index < -0.39 is 0 Å². The molecule has 2 aromatic rings. The van der Waals surface area contributed by atoms with Gasteiger partial charge in [0.05, 0.1) is 24.7 Å². The number of primary amides is 1. The minimum absolute atomic E-state index is 0.208. The first-order chi connectivity index (χ1) is 14.2. The van der Waals surface area contributed by atoms with Gasteiger partial charge in [0.15, 0.2) is 0 Å². The van der Waals surface area contributed by atoms with Crippen LogP contribution < -0.4 is 10.5 Å². The SMILES string of the molecule is NC(=O)C[C@H]1CCc2sc3nccc(OC4CCC(N5CCOCC5)CC4)c3c21. The first kappa shape index (κ1) is 19.3. The highest BCUT2D eigenvalue weighted by molar-refractivity contribution is 7.19. The summed E-state index contributed by atoms with van der Waals surface area (Å²) in [6, 6.07) is 2.67. The molecule has 5 rings (SSSR count). The Balaban J connectivity index is 1.32. The van der Waals surface area contributed by atoms with Crippen LogP contribution in [-0.2, 0) is 16.0 Å². The number of nitrogens with two attached hydrogens (primary N) is 1. The molecule has 2 fully saturated rings. The zero-order valence-corrected chi connectivity index (χ0v) is 17.6. The number of amides is 1. The third kappa shape index (κ3) is 3.88. The topological polar surface area (TPSA) is 77.7 Å². The number of rotatable bonds is 5. The van der Waals surface area contributed by atoms with Crippen molar-refractivity contribution in [3.8, 4) is 5.75 Å². The molecular weight excluding hydrogens is 386 g/mol. The molecule has 7 heteroatoms. The minimum atomic E-state index is -0.227. The normalized spacial score (nSPS) is 27.8. The standard InChI is InChI=1S/C22H29N3O3S/c23-19(26)13-14-1-6-18-20(14)21-17(7-8-24-22(21)29-18)28-16-4-2-15(3-5-16)25-9-11-27-12-10-25/h7-8,14-16H,1-6,9-13H2,(H2,23,26)/t14-,15?,16?/m1/s1. The molecule has 1 aliphatic heterocycles. The number of nitrogens with zero attached hydrogens (tertiary/aromatic N) is 2. The monoisotopic (exact) mass is 415 g/mol. The summed E-state index contributed by atoms with van der Waals surface area (Å²) < 4.78 is 12.0. The Hall–Kier alpha value is -1.70. The summed E-state index contributed by atoms with van der Waals surface area (Å²) in [6.07, 6.45) is 9.08. The first-order valence-corrected chi connectivity index (χ1v) is 11.7. The van der Waals surface area contributed by atoms with Crippen molar-refractivity contribution in [3.05, 3.63) is 22.7 Å². The van der Waals surface area contributed by atoms with Crippen LogP contribution in [0.2, 0.25) is 0 Å². The van der Waals surface area contributed by atoms with Crippen LogP contribution in [0.15, 0.2) is 12.3 Å². The maximum Gasteiger partial charge on any atom is 0.218 e. The van der Waals surface area contributed by atoms with E-state index in [2.05, 4.69) is 9.88 Å². The zero-order valence-electron chi connectivity index (χ0n) is 16.8. The fourth-order valence-corrected chi connectivity index (χ4v) is 6.58. The molecule has 3 aliphatic rings. The van der Waals surface area contributed by atoms with Crippen LogP contribution in [0.3, 0.4) is 0 Å². The molecule has 2 N–H and O–H groups in total. The Kier molecular flexibility index (Phi) is 5.45. The van der Waals surface area contributed by atoms with E-state index >= 15 is 0 Å². The summed E-state index contributed by atoms with van der Waals surface area (Å²) in [6.45, 7) is 3.84. The highest BCUT2D eigenvalue weighted by atomic mass is 32.1. The Morgan fingerprint density at radius 1 is 1.24 bits per heavy atom. The number of pyridine rings is 1. The van der Waals surface area contributed by atoms with E-state index in [0.29, 0.717) is 12.5 Å². The number of carbonyl (C=O) groups excluding carboxylic acids is 1. The number of carbonyl (C=O) groups is 1. The number of aryl methyl sites for hydroxylation is 1. The number of aromatic nitrogens is 1. The van der Waals surface area contributed by atoms with Crippen molar-refractivity contribution in [3.63, 3.8) is 0 Å². The molecule has 1 atom stereocenters. The quantitative estimate of drug-likeness (QED) is 0.811. The molecule has 1 saturated carbocycles. The summed E-state index contributed by atoms with van der Waals surface area (Å²) in [5.41, 5.74) is 6.78. The molecule has 0 radical (unpaired) electrons. The van der Waals surface area contributed by atoms with Gasteiger partial charge in [0.2, 0.25) is 5.91 Å². The van der Waals surface area contributed by atoms with Crippen molar-refractivity contribution < 1.29 is 14.3 Å². The Labute approximate surface area is 175 Å². The van der Waals surface area contributed by atoms with Crippen LogP contribution in [0.4, 0.5) is 0 Å². The molecule has 1 amide bonds. The molecule has 3 heterocycles. The van der Waals surface area contributed by atoms with E-state index in [0.717, 1.165) is 68.0 Å². The van der Waals surface area contributed by atoms with Crippen molar-refractivity contribution >= 4 is 27.5 Å². The molecule has 2 aromatic heterocycles. The van der Waals surface area contributed by atoms with E-state index in [1.54, 1.807) is 11.3 Å². The first-order valence-electron chi connectivity index (χ1n) is 10.9. The third-order valence-corrected chi connectivity index (χ3v) is 7.92. The van der Waals surface area contributed by atoms with Gasteiger partial charge < -0.3 is 15.2 Å². The highest BCUT2D eigenvalue weighted by Crippen LogP contribution is 2.48. The van der Waals surface area contributed by atoms with E-state index in [-0.39, 0.29) is 17.9 Å². The van der Waals surface area contributed by atoms with Gasteiger partial charge in [0.25, 0.3) is 0 Å². The fourth-order valence-electron chi connectivity index (χ4n) is 5.33. The van der Waals surface area contributed by atoms with E-state index in [1.165, 1.54) is 23.3 Å². The van der Waals surface area contributed by atoms with Crippen LogP contribution in [0.25, 0.3) is 10.2 Å². The Morgan fingerprint density at radius 2 is 2.03 bits per heavy atom. The highest BCUT2D eigenvalue weighted by Gasteiger charge is 2.32. The Morgan fingerprint density at radius 3 is 2.79 bits per heavy atom. The van der Waals surface area contributed by atoms with Gasteiger partial charge in [-0.2, -0.15) is 0 Å². The molecule has 2 aliphatic carbocycles. The average molecular weight is 416 g/mol.